The number of hydrogen-bond donors (Lipinski definition) is 2. The Morgan fingerprint density at radius 1 is 1.45 bits per heavy atom. The zero-order valence-corrected chi connectivity index (χ0v) is 12.9. The SMILES string of the molecule is CCOC(=O)c1ccsc1NS(=O)(=O)c1cc(N)cs1. The Balaban J connectivity index is 2.27. The number of esters is 1. The molecule has 3 N–H and O–H groups in total. The van der Waals surface area contributed by atoms with Crippen molar-refractivity contribution in [1.82, 2.24) is 0 Å². The number of nitrogen functional groups attached to an aromatic ring is 1. The Kier molecular flexibility index (Phi) is 4.31. The van der Waals surface area contributed by atoms with Gasteiger partial charge in [0.2, 0.25) is 0 Å². The van der Waals surface area contributed by atoms with Gasteiger partial charge < -0.3 is 10.5 Å². The summed E-state index contributed by atoms with van der Waals surface area (Å²) >= 11 is 2.13. The van der Waals surface area contributed by atoms with Crippen molar-refractivity contribution in [3.63, 3.8) is 0 Å². The number of carbonyl (C=O) groups is 1. The summed E-state index contributed by atoms with van der Waals surface area (Å²) in [4.78, 5) is 11.7. The second-order valence-electron chi connectivity index (χ2n) is 3.69. The molecule has 0 unspecified atom stereocenters. The third-order valence-corrected chi connectivity index (χ3v) is 6.01. The number of thiophene rings is 2. The summed E-state index contributed by atoms with van der Waals surface area (Å²) < 4.78 is 31.6. The Morgan fingerprint density at radius 3 is 2.80 bits per heavy atom. The molecule has 2 aromatic heterocycles. The fourth-order valence-corrected chi connectivity index (χ4v) is 4.59. The van der Waals surface area contributed by atoms with Crippen molar-refractivity contribution in [2.24, 2.45) is 0 Å². The normalized spacial score (nSPS) is 11.2. The first kappa shape index (κ1) is 14.8. The molecule has 108 valence electrons. The van der Waals surface area contributed by atoms with Crippen molar-refractivity contribution in [2.45, 2.75) is 11.1 Å². The molecule has 2 aromatic rings. The summed E-state index contributed by atoms with van der Waals surface area (Å²) in [6.45, 7) is 1.91. The van der Waals surface area contributed by atoms with Crippen LogP contribution in [0.3, 0.4) is 0 Å². The molecule has 0 spiro atoms. The van der Waals surface area contributed by atoms with Gasteiger partial charge in [-0.05, 0) is 24.4 Å². The van der Waals surface area contributed by atoms with E-state index in [9.17, 15) is 13.2 Å². The third kappa shape index (κ3) is 3.11. The highest BCUT2D eigenvalue weighted by atomic mass is 32.2. The van der Waals surface area contributed by atoms with Crippen LogP contribution in [0.4, 0.5) is 10.7 Å². The molecule has 9 heteroatoms. The zero-order chi connectivity index (χ0) is 14.8. The van der Waals surface area contributed by atoms with Gasteiger partial charge in [0.15, 0.2) is 0 Å². The minimum atomic E-state index is -3.74. The predicted molar refractivity (Wildman–Crippen MR) is 79.8 cm³/mol. The van der Waals surface area contributed by atoms with Crippen LogP contribution in [0.15, 0.2) is 27.1 Å². The molecule has 0 fully saturated rings. The van der Waals surface area contributed by atoms with E-state index in [1.54, 1.807) is 12.3 Å². The van der Waals surface area contributed by atoms with E-state index in [-0.39, 0.29) is 21.4 Å². The molecule has 20 heavy (non-hydrogen) atoms. The van der Waals surface area contributed by atoms with Crippen molar-refractivity contribution in [2.75, 3.05) is 17.1 Å². The van der Waals surface area contributed by atoms with Crippen molar-refractivity contribution in [3.8, 4) is 0 Å². The van der Waals surface area contributed by atoms with Gasteiger partial charge in [0.25, 0.3) is 10.0 Å². The second-order valence-corrected chi connectivity index (χ2v) is 7.43. The Hall–Kier alpha value is -1.58. The molecule has 0 aliphatic heterocycles. The van der Waals surface area contributed by atoms with Crippen LogP contribution in [-0.2, 0) is 14.8 Å². The molecule has 0 atom stereocenters. The van der Waals surface area contributed by atoms with Crippen LogP contribution in [0.2, 0.25) is 0 Å². The number of rotatable bonds is 5. The van der Waals surface area contributed by atoms with Gasteiger partial charge in [-0.15, -0.1) is 22.7 Å². The number of ether oxygens (including phenoxy) is 1. The summed E-state index contributed by atoms with van der Waals surface area (Å²) in [7, 11) is -3.74. The lowest BCUT2D eigenvalue weighted by Gasteiger charge is -2.06. The summed E-state index contributed by atoms with van der Waals surface area (Å²) in [6.07, 6.45) is 0. The molecule has 0 aliphatic carbocycles. The van der Waals surface area contributed by atoms with Crippen molar-refractivity contribution in [3.05, 3.63) is 28.5 Å². The van der Waals surface area contributed by atoms with E-state index in [2.05, 4.69) is 4.72 Å². The van der Waals surface area contributed by atoms with E-state index < -0.39 is 16.0 Å². The third-order valence-electron chi connectivity index (χ3n) is 2.25. The van der Waals surface area contributed by atoms with Crippen LogP contribution in [0.1, 0.15) is 17.3 Å². The fourth-order valence-electron chi connectivity index (χ4n) is 1.40. The smallest absolute Gasteiger partial charge is 0.341 e. The maximum Gasteiger partial charge on any atom is 0.341 e. The number of carbonyl (C=O) groups excluding carboxylic acids is 1. The van der Waals surface area contributed by atoms with E-state index in [4.69, 9.17) is 10.5 Å². The van der Waals surface area contributed by atoms with Crippen molar-refractivity contribution in [1.29, 1.82) is 0 Å². The van der Waals surface area contributed by atoms with E-state index >= 15 is 0 Å². The minimum absolute atomic E-state index is 0.0956. The lowest BCUT2D eigenvalue weighted by Crippen LogP contribution is -2.14. The fraction of sp³-hybridized carbons (Fsp3) is 0.182. The van der Waals surface area contributed by atoms with Gasteiger partial charge in [-0.3, -0.25) is 4.72 Å². The lowest BCUT2D eigenvalue weighted by atomic mass is 10.3. The van der Waals surface area contributed by atoms with Gasteiger partial charge in [0.1, 0.15) is 9.21 Å². The first-order valence-electron chi connectivity index (χ1n) is 5.55. The van der Waals surface area contributed by atoms with E-state index in [0.29, 0.717) is 5.69 Å². The molecule has 0 radical (unpaired) electrons. The molecule has 0 saturated carbocycles. The van der Waals surface area contributed by atoms with Crippen molar-refractivity contribution < 1.29 is 17.9 Å². The maximum atomic E-state index is 12.1. The van der Waals surface area contributed by atoms with Gasteiger partial charge in [-0.25, -0.2) is 13.2 Å². The number of nitrogens with two attached hydrogens (primary N) is 1. The highest BCUT2D eigenvalue weighted by molar-refractivity contribution is 7.94. The summed E-state index contributed by atoms with van der Waals surface area (Å²) in [5, 5.41) is 3.39. The molecule has 6 nitrogen and oxygen atoms in total. The van der Waals surface area contributed by atoms with Crippen LogP contribution in [0.25, 0.3) is 0 Å². The number of anilines is 2. The van der Waals surface area contributed by atoms with Gasteiger partial charge >= 0.3 is 5.97 Å². The van der Waals surface area contributed by atoms with E-state index in [0.717, 1.165) is 22.7 Å². The molecular formula is C11H12N2O4S3. The topological polar surface area (TPSA) is 98.5 Å². The quantitative estimate of drug-likeness (QED) is 0.819. The standard InChI is InChI=1S/C11H12N2O4S3/c1-2-17-11(14)8-3-4-18-10(8)13-20(15,16)9-5-7(12)6-19-9/h3-6,13H,2,12H2,1H3. The molecule has 0 bridgehead atoms. The molecule has 2 rings (SSSR count). The first-order valence-corrected chi connectivity index (χ1v) is 8.79. The lowest BCUT2D eigenvalue weighted by molar-refractivity contribution is 0.0528. The number of hydrogen-bond acceptors (Lipinski definition) is 7. The number of nitrogens with one attached hydrogen (secondary N) is 1. The average Bonchev–Trinajstić information content (AvgIpc) is 2.98. The zero-order valence-electron chi connectivity index (χ0n) is 10.5. The predicted octanol–water partition coefficient (Wildman–Crippen LogP) is 2.37. The number of sulfonamides is 1. The van der Waals surface area contributed by atoms with Gasteiger partial charge in [-0.1, -0.05) is 0 Å². The van der Waals surface area contributed by atoms with Crippen molar-refractivity contribution >= 4 is 49.4 Å². The van der Waals surface area contributed by atoms with E-state index in [1.165, 1.54) is 17.5 Å². The van der Waals surface area contributed by atoms with Gasteiger partial charge in [-0.2, -0.15) is 0 Å². The maximum absolute atomic E-state index is 12.1. The van der Waals surface area contributed by atoms with Crippen LogP contribution in [0, 0.1) is 0 Å². The molecule has 0 amide bonds. The average molecular weight is 332 g/mol. The molecule has 0 saturated heterocycles. The van der Waals surface area contributed by atoms with Crippen LogP contribution < -0.4 is 10.5 Å². The summed E-state index contributed by atoms with van der Waals surface area (Å²) in [5.41, 5.74) is 6.09. The summed E-state index contributed by atoms with van der Waals surface area (Å²) in [6, 6.07) is 2.88. The summed E-state index contributed by atoms with van der Waals surface area (Å²) in [5.74, 6) is -0.558. The minimum Gasteiger partial charge on any atom is -0.462 e. The molecule has 2 heterocycles. The Labute approximate surface area is 124 Å². The van der Waals surface area contributed by atoms with Gasteiger partial charge in [0, 0.05) is 11.1 Å². The van der Waals surface area contributed by atoms with Crippen LogP contribution in [0.5, 0.6) is 0 Å². The Morgan fingerprint density at radius 2 is 2.20 bits per heavy atom. The van der Waals surface area contributed by atoms with Gasteiger partial charge in [0.05, 0.1) is 12.2 Å². The largest absolute Gasteiger partial charge is 0.462 e. The molecule has 0 aliphatic rings. The molecular weight excluding hydrogens is 320 g/mol. The van der Waals surface area contributed by atoms with E-state index in [1.807, 2.05) is 0 Å². The van der Waals surface area contributed by atoms with Crippen LogP contribution >= 0.6 is 22.7 Å². The highest BCUT2D eigenvalue weighted by Crippen LogP contribution is 2.29. The second kappa shape index (κ2) is 5.81. The Bertz CT molecular complexity index is 718. The molecule has 0 aromatic carbocycles. The first-order chi connectivity index (χ1) is 9.44. The highest BCUT2D eigenvalue weighted by Gasteiger charge is 2.21. The monoisotopic (exact) mass is 332 g/mol. The van der Waals surface area contributed by atoms with Crippen LogP contribution in [-0.4, -0.2) is 21.0 Å².